The third-order valence-corrected chi connectivity index (χ3v) is 4.18. The van der Waals surface area contributed by atoms with Gasteiger partial charge in [-0.25, -0.2) is 0 Å². The van der Waals surface area contributed by atoms with Crippen LogP contribution in [0.2, 0.25) is 0 Å². The van der Waals surface area contributed by atoms with Crippen molar-refractivity contribution in [2.45, 2.75) is 19.0 Å². The Hall–Kier alpha value is -2.13. The van der Waals surface area contributed by atoms with Crippen LogP contribution in [0.4, 0.5) is 0 Å². The van der Waals surface area contributed by atoms with Crippen LogP contribution < -0.4 is 10.6 Å². The molecule has 24 heavy (non-hydrogen) atoms. The molecule has 2 aromatic rings. The van der Waals surface area contributed by atoms with Crippen LogP contribution in [-0.2, 0) is 17.7 Å². The van der Waals surface area contributed by atoms with Gasteiger partial charge in [0.1, 0.15) is 0 Å². The second kappa shape index (κ2) is 7.18. The van der Waals surface area contributed by atoms with Crippen LogP contribution in [0.15, 0.2) is 27.4 Å². The van der Waals surface area contributed by atoms with Crippen molar-refractivity contribution in [3.05, 3.63) is 40.0 Å². The van der Waals surface area contributed by atoms with Crippen molar-refractivity contribution in [2.24, 2.45) is 0 Å². The lowest BCUT2D eigenvalue weighted by atomic mass is 10.1. The van der Waals surface area contributed by atoms with Gasteiger partial charge in [0.15, 0.2) is 10.4 Å². The smallest absolute Gasteiger partial charge is 0.287 e. The van der Waals surface area contributed by atoms with Crippen LogP contribution in [0.5, 0.6) is 0 Å². The van der Waals surface area contributed by atoms with Gasteiger partial charge in [0.2, 0.25) is 0 Å². The second-order valence-electron chi connectivity index (χ2n) is 5.41. The van der Waals surface area contributed by atoms with Gasteiger partial charge < -0.3 is 19.8 Å². The average molecular weight is 397 g/mol. The maximum absolute atomic E-state index is 12.2. The van der Waals surface area contributed by atoms with Crippen molar-refractivity contribution in [1.82, 2.24) is 20.4 Å². The average Bonchev–Trinajstić information content (AvgIpc) is 3.22. The zero-order chi connectivity index (χ0) is 17.1. The quantitative estimate of drug-likeness (QED) is 0.708. The number of furan rings is 1. The summed E-state index contributed by atoms with van der Waals surface area (Å²) in [4.78, 5) is 24.3. The van der Waals surface area contributed by atoms with E-state index in [0.29, 0.717) is 36.4 Å². The van der Waals surface area contributed by atoms with Crippen LogP contribution >= 0.6 is 15.9 Å². The molecule has 0 saturated carbocycles. The molecule has 3 heterocycles. The van der Waals surface area contributed by atoms with Crippen LogP contribution in [0.25, 0.3) is 0 Å². The van der Waals surface area contributed by atoms with Crippen molar-refractivity contribution in [3.63, 3.8) is 0 Å². The van der Waals surface area contributed by atoms with Gasteiger partial charge in [0.25, 0.3) is 11.8 Å². The van der Waals surface area contributed by atoms with Gasteiger partial charge in [-0.3, -0.25) is 14.3 Å². The molecule has 0 aliphatic carbocycles. The van der Waals surface area contributed by atoms with E-state index in [-0.39, 0.29) is 23.6 Å². The zero-order valence-electron chi connectivity index (χ0n) is 13.0. The Morgan fingerprint density at radius 2 is 2.29 bits per heavy atom. The standard InChI is InChI=1S/C15H17BrN4O4/c1-23-5-4-17-14(21)10-7-18-20-8-9(6-11(10)20)19-15(22)12-2-3-13(16)24-12/h2-3,7,9H,4-6,8H2,1H3,(H,17,21)(H,19,22)/t9-/m0/s1. The van der Waals surface area contributed by atoms with Crippen LogP contribution in [0.1, 0.15) is 26.6 Å². The van der Waals surface area contributed by atoms with E-state index in [4.69, 9.17) is 9.15 Å². The minimum Gasteiger partial charge on any atom is -0.444 e. The van der Waals surface area contributed by atoms with Gasteiger partial charge in [-0.1, -0.05) is 0 Å². The largest absolute Gasteiger partial charge is 0.444 e. The van der Waals surface area contributed by atoms with Crippen molar-refractivity contribution in [3.8, 4) is 0 Å². The predicted molar refractivity (Wildman–Crippen MR) is 87.8 cm³/mol. The van der Waals surface area contributed by atoms with E-state index >= 15 is 0 Å². The Labute approximate surface area is 146 Å². The molecule has 0 spiro atoms. The summed E-state index contributed by atoms with van der Waals surface area (Å²) in [7, 11) is 1.58. The second-order valence-corrected chi connectivity index (χ2v) is 6.20. The fourth-order valence-corrected chi connectivity index (χ4v) is 2.94. The van der Waals surface area contributed by atoms with E-state index in [2.05, 4.69) is 31.7 Å². The summed E-state index contributed by atoms with van der Waals surface area (Å²) in [6, 6.07) is 3.13. The molecule has 0 radical (unpaired) electrons. The number of nitrogens with one attached hydrogen (secondary N) is 2. The molecule has 1 atom stereocenters. The molecule has 0 unspecified atom stereocenters. The molecule has 3 rings (SSSR count). The molecule has 8 nitrogen and oxygen atoms in total. The first kappa shape index (κ1) is 16.7. The lowest BCUT2D eigenvalue weighted by molar-refractivity contribution is 0.0906. The monoisotopic (exact) mass is 396 g/mol. The summed E-state index contributed by atoms with van der Waals surface area (Å²) in [5, 5.41) is 9.89. The number of methoxy groups -OCH3 is 1. The number of hydrogen-bond donors (Lipinski definition) is 2. The molecule has 2 N–H and O–H groups in total. The number of fused-ring (bicyclic) bond motifs is 1. The highest BCUT2D eigenvalue weighted by Gasteiger charge is 2.29. The van der Waals surface area contributed by atoms with Crippen molar-refractivity contribution in [2.75, 3.05) is 20.3 Å². The first-order valence-electron chi connectivity index (χ1n) is 7.46. The van der Waals surface area contributed by atoms with E-state index in [9.17, 15) is 9.59 Å². The van der Waals surface area contributed by atoms with Crippen molar-refractivity contribution >= 4 is 27.7 Å². The number of carbonyl (C=O) groups excluding carboxylic acids is 2. The zero-order valence-corrected chi connectivity index (χ0v) is 14.6. The van der Waals surface area contributed by atoms with Crippen LogP contribution in [-0.4, -0.2) is 47.9 Å². The van der Waals surface area contributed by atoms with Gasteiger partial charge in [-0.2, -0.15) is 5.10 Å². The maximum atomic E-state index is 12.2. The van der Waals surface area contributed by atoms with Gasteiger partial charge >= 0.3 is 0 Å². The number of rotatable bonds is 6. The Bertz CT molecular complexity index is 754. The molecule has 1 aliphatic heterocycles. The number of amides is 2. The SMILES string of the molecule is COCCNC(=O)c1cnn2c1C[C@H](NC(=O)c1ccc(Br)o1)C2. The first-order chi connectivity index (χ1) is 11.6. The Morgan fingerprint density at radius 3 is 3.00 bits per heavy atom. The molecule has 2 amide bonds. The lowest BCUT2D eigenvalue weighted by Gasteiger charge is -2.10. The number of halogens is 1. The minimum atomic E-state index is -0.289. The number of carbonyl (C=O) groups is 2. The van der Waals surface area contributed by atoms with E-state index in [1.165, 1.54) is 0 Å². The lowest BCUT2D eigenvalue weighted by Crippen LogP contribution is -2.36. The molecule has 9 heteroatoms. The van der Waals surface area contributed by atoms with Gasteiger partial charge in [0, 0.05) is 20.1 Å². The Kier molecular flexibility index (Phi) is 5.00. The number of ether oxygens (including phenoxy) is 1. The third-order valence-electron chi connectivity index (χ3n) is 3.75. The van der Waals surface area contributed by atoms with Crippen LogP contribution in [0, 0.1) is 0 Å². The number of aromatic nitrogens is 2. The molecule has 2 aromatic heterocycles. The van der Waals surface area contributed by atoms with Crippen LogP contribution in [0.3, 0.4) is 0 Å². The Balaban J connectivity index is 1.61. The Morgan fingerprint density at radius 1 is 1.46 bits per heavy atom. The molecule has 0 aromatic carbocycles. The fraction of sp³-hybridized carbons (Fsp3) is 0.400. The number of hydrogen-bond acceptors (Lipinski definition) is 5. The van der Waals surface area contributed by atoms with E-state index < -0.39 is 0 Å². The van der Waals surface area contributed by atoms with Crippen molar-refractivity contribution in [1.29, 1.82) is 0 Å². The number of nitrogens with zero attached hydrogens (tertiary/aromatic N) is 2. The summed E-state index contributed by atoms with van der Waals surface area (Å²) in [5.41, 5.74) is 1.35. The van der Waals surface area contributed by atoms with Gasteiger partial charge in [-0.05, 0) is 28.1 Å². The van der Waals surface area contributed by atoms with Gasteiger partial charge in [0.05, 0.1) is 36.6 Å². The minimum absolute atomic E-state index is 0.129. The summed E-state index contributed by atoms with van der Waals surface area (Å²) >= 11 is 3.17. The predicted octanol–water partition coefficient (Wildman–Crippen LogP) is 0.969. The summed E-state index contributed by atoms with van der Waals surface area (Å²) in [6.45, 7) is 1.41. The van der Waals surface area contributed by atoms with E-state index in [1.54, 1.807) is 30.1 Å². The molecule has 128 valence electrons. The highest BCUT2D eigenvalue weighted by molar-refractivity contribution is 9.10. The maximum Gasteiger partial charge on any atom is 0.287 e. The molecule has 0 bridgehead atoms. The highest BCUT2D eigenvalue weighted by Crippen LogP contribution is 2.20. The molecular formula is C15H17BrN4O4. The molecule has 0 fully saturated rings. The summed E-state index contributed by atoms with van der Waals surface area (Å²) in [5.74, 6) is -0.235. The van der Waals surface area contributed by atoms with E-state index in [0.717, 1.165) is 5.69 Å². The van der Waals surface area contributed by atoms with E-state index in [1.807, 2.05) is 0 Å². The van der Waals surface area contributed by atoms with Gasteiger partial charge in [-0.15, -0.1) is 0 Å². The van der Waals surface area contributed by atoms with Crippen molar-refractivity contribution < 1.29 is 18.7 Å². The summed E-state index contributed by atoms with van der Waals surface area (Å²) < 4.78 is 12.4. The normalized spacial score (nSPS) is 16.0. The summed E-state index contributed by atoms with van der Waals surface area (Å²) in [6.07, 6.45) is 2.10. The molecular weight excluding hydrogens is 380 g/mol. The first-order valence-corrected chi connectivity index (χ1v) is 8.26. The molecule has 1 aliphatic rings. The highest BCUT2D eigenvalue weighted by atomic mass is 79.9. The molecule has 0 saturated heterocycles. The topological polar surface area (TPSA) is 98.4 Å². The fourth-order valence-electron chi connectivity index (χ4n) is 2.63. The third kappa shape index (κ3) is 3.51.